The summed E-state index contributed by atoms with van der Waals surface area (Å²) < 4.78 is 1.74. The van der Waals surface area contributed by atoms with Gasteiger partial charge in [0, 0.05) is 31.7 Å². The van der Waals surface area contributed by atoms with Crippen molar-refractivity contribution in [2.24, 2.45) is 24.3 Å². The minimum absolute atomic E-state index is 0.110. The van der Waals surface area contributed by atoms with E-state index in [9.17, 15) is 5.11 Å². The lowest BCUT2D eigenvalue weighted by molar-refractivity contribution is 0.0642. The predicted molar refractivity (Wildman–Crippen MR) is 59.7 cm³/mol. The molecule has 1 N–H and O–H groups in total. The van der Waals surface area contributed by atoms with Crippen LogP contribution in [0, 0.1) is 17.3 Å². The summed E-state index contributed by atoms with van der Waals surface area (Å²) in [6.45, 7) is 0.310. The number of nitrogens with zero attached hydrogens (tertiary/aromatic N) is 3. The van der Waals surface area contributed by atoms with Crippen molar-refractivity contribution in [1.82, 2.24) is 15.0 Å². The summed E-state index contributed by atoms with van der Waals surface area (Å²) in [4.78, 5) is 0. The van der Waals surface area contributed by atoms with Crippen LogP contribution in [0.4, 0.5) is 0 Å². The molecule has 0 radical (unpaired) electrons. The highest BCUT2D eigenvalue weighted by Crippen LogP contribution is 2.56. The average molecular weight is 221 g/mol. The molecule has 1 aromatic heterocycles. The topological polar surface area (TPSA) is 50.9 Å². The van der Waals surface area contributed by atoms with Gasteiger partial charge in [-0.05, 0) is 31.1 Å². The molecule has 0 aromatic carbocycles. The van der Waals surface area contributed by atoms with Crippen molar-refractivity contribution >= 4 is 0 Å². The summed E-state index contributed by atoms with van der Waals surface area (Å²) in [5.41, 5.74) is 1.14. The van der Waals surface area contributed by atoms with E-state index >= 15 is 0 Å². The molecule has 2 aliphatic rings. The van der Waals surface area contributed by atoms with Crippen LogP contribution in [-0.2, 0) is 13.5 Å². The molecule has 1 aromatic rings. The third-order valence-electron chi connectivity index (χ3n) is 4.60. The number of hydrogen-bond donors (Lipinski definition) is 1. The van der Waals surface area contributed by atoms with Crippen molar-refractivity contribution in [3.63, 3.8) is 0 Å². The van der Waals surface area contributed by atoms with Crippen molar-refractivity contribution in [1.29, 1.82) is 0 Å². The fourth-order valence-electron chi connectivity index (χ4n) is 3.86. The van der Waals surface area contributed by atoms with Crippen LogP contribution >= 0.6 is 0 Å². The van der Waals surface area contributed by atoms with Crippen molar-refractivity contribution in [2.75, 3.05) is 6.61 Å². The first-order valence-electron chi connectivity index (χ1n) is 6.18. The fourth-order valence-corrected chi connectivity index (χ4v) is 3.86. The molecule has 0 amide bonds. The second-order valence-electron chi connectivity index (χ2n) is 5.66. The van der Waals surface area contributed by atoms with Crippen LogP contribution < -0.4 is 0 Å². The van der Waals surface area contributed by atoms with Crippen molar-refractivity contribution in [2.45, 2.75) is 32.1 Å². The van der Waals surface area contributed by atoms with E-state index < -0.39 is 0 Å². The Bertz CT molecular complexity index is 389. The first kappa shape index (κ1) is 10.3. The summed E-state index contributed by atoms with van der Waals surface area (Å²) in [6.07, 6.45) is 8.05. The Labute approximate surface area is 95.7 Å². The van der Waals surface area contributed by atoms with Gasteiger partial charge in [-0.2, -0.15) is 0 Å². The smallest absolute Gasteiger partial charge is 0.0833 e. The van der Waals surface area contributed by atoms with Crippen LogP contribution in [0.15, 0.2) is 6.20 Å². The molecule has 3 unspecified atom stereocenters. The van der Waals surface area contributed by atoms with Crippen LogP contribution in [0.1, 0.15) is 31.4 Å². The van der Waals surface area contributed by atoms with Crippen molar-refractivity contribution in [3.8, 4) is 0 Å². The standard InChI is InChI=1S/C12H19N3O/c1-15-7-11(13-14-15)6-12(8-16)5-9-2-3-10(12)4-9/h7,9-10,16H,2-6,8H2,1H3. The van der Waals surface area contributed by atoms with E-state index in [1.165, 1.54) is 25.7 Å². The Morgan fingerprint density at radius 3 is 2.94 bits per heavy atom. The van der Waals surface area contributed by atoms with E-state index in [0.717, 1.165) is 18.0 Å². The van der Waals surface area contributed by atoms with Gasteiger partial charge in [0.15, 0.2) is 0 Å². The number of aryl methyl sites for hydroxylation is 1. The van der Waals surface area contributed by atoms with Crippen LogP contribution in [0.25, 0.3) is 0 Å². The zero-order chi connectivity index (χ0) is 11.2. The fraction of sp³-hybridized carbons (Fsp3) is 0.833. The van der Waals surface area contributed by atoms with Gasteiger partial charge in [-0.25, -0.2) is 0 Å². The molecule has 0 saturated heterocycles. The number of aliphatic hydroxyl groups is 1. The van der Waals surface area contributed by atoms with Gasteiger partial charge in [0.1, 0.15) is 0 Å². The average Bonchev–Trinajstić information content (AvgIpc) is 2.94. The van der Waals surface area contributed by atoms with E-state index in [4.69, 9.17) is 0 Å². The van der Waals surface area contributed by atoms with Gasteiger partial charge < -0.3 is 5.11 Å². The summed E-state index contributed by atoms with van der Waals surface area (Å²) in [5, 5.41) is 17.9. The van der Waals surface area contributed by atoms with Crippen molar-refractivity contribution < 1.29 is 5.11 Å². The lowest BCUT2D eigenvalue weighted by Gasteiger charge is -2.35. The van der Waals surface area contributed by atoms with Gasteiger partial charge in [0.25, 0.3) is 0 Å². The molecule has 2 saturated carbocycles. The Hall–Kier alpha value is -0.900. The van der Waals surface area contributed by atoms with Crippen molar-refractivity contribution in [3.05, 3.63) is 11.9 Å². The predicted octanol–water partition coefficient (Wildman–Crippen LogP) is 1.16. The molecule has 2 fully saturated rings. The van der Waals surface area contributed by atoms with Gasteiger partial charge in [-0.3, -0.25) is 4.68 Å². The highest BCUT2D eigenvalue weighted by molar-refractivity contribution is 5.07. The molecule has 2 aliphatic carbocycles. The summed E-state index contributed by atoms with van der Waals surface area (Å²) in [7, 11) is 1.89. The van der Waals surface area contributed by atoms with Crippen LogP contribution in [-0.4, -0.2) is 26.7 Å². The lowest BCUT2D eigenvalue weighted by atomic mass is 9.71. The minimum atomic E-state index is 0.110. The highest BCUT2D eigenvalue weighted by atomic mass is 16.3. The van der Waals surface area contributed by atoms with E-state index in [1.807, 2.05) is 13.2 Å². The zero-order valence-electron chi connectivity index (χ0n) is 9.76. The molecular weight excluding hydrogens is 202 g/mol. The quantitative estimate of drug-likeness (QED) is 0.833. The Morgan fingerprint density at radius 2 is 2.44 bits per heavy atom. The number of fused-ring (bicyclic) bond motifs is 2. The molecule has 0 spiro atoms. The molecule has 0 aliphatic heterocycles. The first-order valence-corrected chi connectivity index (χ1v) is 6.18. The van der Waals surface area contributed by atoms with Gasteiger partial charge in [-0.15, -0.1) is 5.10 Å². The maximum atomic E-state index is 9.75. The SMILES string of the molecule is Cn1cc(CC2(CO)CC3CCC2C3)nn1. The van der Waals surface area contributed by atoms with Gasteiger partial charge >= 0.3 is 0 Å². The maximum Gasteiger partial charge on any atom is 0.0833 e. The van der Waals surface area contributed by atoms with E-state index in [0.29, 0.717) is 12.5 Å². The summed E-state index contributed by atoms with van der Waals surface area (Å²) >= 11 is 0. The summed E-state index contributed by atoms with van der Waals surface area (Å²) in [5.74, 6) is 1.57. The monoisotopic (exact) mass is 221 g/mol. The van der Waals surface area contributed by atoms with E-state index in [2.05, 4.69) is 10.3 Å². The molecule has 88 valence electrons. The molecule has 1 heterocycles. The van der Waals surface area contributed by atoms with Gasteiger partial charge in [0.05, 0.1) is 5.69 Å². The Morgan fingerprint density at radius 1 is 1.56 bits per heavy atom. The maximum absolute atomic E-state index is 9.75. The van der Waals surface area contributed by atoms with Gasteiger partial charge in [0.2, 0.25) is 0 Å². The first-order chi connectivity index (χ1) is 7.72. The number of hydrogen-bond acceptors (Lipinski definition) is 3. The van der Waals surface area contributed by atoms with E-state index in [1.54, 1.807) is 4.68 Å². The second-order valence-corrected chi connectivity index (χ2v) is 5.66. The highest BCUT2D eigenvalue weighted by Gasteiger charge is 2.50. The molecule has 16 heavy (non-hydrogen) atoms. The molecular formula is C12H19N3O. The largest absolute Gasteiger partial charge is 0.396 e. The molecule has 3 rings (SSSR count). The Kier molecular flexibility index (Phi) is 2.28. The van der Waals surface area contributed by atoms with Crippen LogP contribution in [0.2, 0.25) is 0 Å². The Balaban J connectivity index is 1.81. The minimum Gasteiger partial charge on any atom is -0.396 e. The van der Waals surface area contributed by atoms with Crippen LogP contribution in [0.3, 0.4) is 0 Å². The molecule has 3 atom stereocenters. The lowest BCUT2D eigenvalue weighted by Crippen LogP contribution is -2.34. The van der Waals surface area contributed by atoms with Crippen LogP contribution in [0.5, 0.6) is 0 Å². The molecule has 2 bridgehead atoms. The molecule has 4 nitrogen and oxygen atoms in total. The van der Waals surface area contributed by atoms with Gasteiger partial charge in [-0.1, -0.05) is 11.6 Å². The summed E-state index contributed by atoms with van der Waals surface area (Å²) in [6, 6.07) is 0. The normalized spacial score (nSPS) is 37.1. The number of aromatic nitrogens is 3. The number of rotatable bonds is 3. The zero-order valence-corrected chi connectivity index (χ0v) is 9.76. The second kappa shape index (κ2) is 3.55. The molecule has 4 heteroatoms. The number of aliphatic hydroxyl groups excluding tert-OH is 1. The third kappa shape index (κ3) is 1.47. The van der Waals surface area contributed by atoms with E-state index in [-0.39, 0.29) is 5.41 Å². The third-order valence-corrected chi connectivity index (χ3v) is 4.60.